The third-order valence-corrected chi connectivity index (χ3v) is 6.70. The summed E-state index contributed by atoms with van der Waals surface area (Å²) in [5.41, 5.74) is 0.498. The first kappa shape index (κ1) is 24.6. The highest BCUT2D eigenvalue weighted by atomic mass is 16.2. The summed E-state index contributed by atoms with van der Waals surface area (Å²) in [4.78, 5) is 90.6. The minimum absolute atomic E-state index is 0.249. The van der Waals surface area contributed by atoms with Gasteiger partial charge < -0.3 is 0 Å². The van der Waals surface area contributed by atoms with Gasteiger partial charge in [0.1, 0.15) is 11.8 Å². The van der Waals surface area contributed by atoms with Crippen LogP contribution in [-0.4, -0.2) is 93.4 Å². The molecular formula is C24H24N6O6. The molecule has 0 spiro atoms. The molecule has 0 aromatic carbocycles. The van der Waals surface area contributed by atoms with Gasteiger partial charge in [-0.1, -0.05) is 12.1 Å². The Morgan fingerprint density at radius 3 is 1.11 bits per heavy atom. The quantitative estimate of drug-likeness (QED) is 0.555. The van der Waals surface area contributed by atoms with Gasteiger partial charge in [-0.3, -0.25) is 48.7 Å². The molecule has 12 heteroatoms. The second kappa shape index (κ2) is 9.29. The predicted molar refractivity (Wildman–Crippen MR) is 123 cm³/mol. The first-order valence-electron chi connectivity index (χ1n) is 11.1. The Hall–Kier alpha value is -4.48. The molecule has 12 nitrogen and oxygen atoms in total. The van der Waals surface area contributed by atoms with E-state index in [2.05, 4.69) is 9.97 Å². The van der Waals surface area contributed by atoms with Crippen molar-refractivity contribution in [2.75, 3.05) is 28.2 Å². The Kier molecular flexibility index (Phi) is 6.35. The lowest BCUT2D eigenvalue weighted by Crippen LogP contribution is -2.61. The Bertz CT molecular complexity index is 1110. The smallest absolute Gasteiger partial charge is 0.273 e. The monoisotopic (exact) mass is 492 g/mol. The number of hydrogen-bond acceptors (Lipinski definition) is 8. The highest BCUT2D eigenvalue weighted by Crippen LogP contribution is 2.46. The molecule has 2 saturated heterocycles. The molecule has 0 N–H and O–H groups in total. The van der Waals surface area contributed by atoms with E-state index in [9.17, 15) is 28.8 Å². The summed E-state index contributed by atoms with van der Waals surface area (Å²) in [6, 6.07) is 8.12. The summed E-state index contributed by atoms with van der Waals surface area (Å²) in [5.74, 6) is -8.52. The van der Waals surface area contributed by atoms with Crippen LogP contribution in [0.1, 0.15) is 23.2 Å². The fourth-order valence-electron chi connectivity index (χ4n) is 4.76. The number of barbiturate groups is 2. The van der Waals surface area contributed by atoms with Crippen LogP contribution in [0.25, 0.3) is 0 Å². The molecule has 2 unspecified atom stereocenters. The molecule has 2 fully saturated rings. The van der Waals surface area contributed by atoms with E-state index in [1.165, 1.54) is 40.6 Å². The van der Waals surface area contributed by atoms with Crippen LogP contribution in [-0.2, 0) is 19.2 Å². The van der Waals surface area contributed by atoms with Crippen LogP contribution >= 0.6 is 0 Å². The van der Waals surface area contributed by atoms with E-state index in [1.807, 2.05) is 0 Å². The SMILES string of the molecule is CN1C(=O)C(C(c2ccccn2)C(c2ccccn2)C2C(=O)N(C)C(=O)N(C)C2=O)C(=O)N(C)C1=O. The van der Waals surface area contributed by atoms with Crippen molar-refractivity contribution in [3.63, 3.8) is 0 Å². The van der Waals surface area contributed by atoms with Crippen molar-refractivity contribution in [3.8, 4) is 0 Å². The van der Waals surface area contributed by atoms with E-state index in [4.69, 9.17) is 0 Å². The summed E-state index contributed by atoms with van der Waals surface area (Å²) >= 11 is 0. The average Bonchev–Trinajstić information content (AvgIpc) is 2.90. The van der Waals surface area contributed by atoms with Crippen LogP contribution in [0.4, 0.5) is 9.59 Å². The molecule has 4 heterocycles. The van der Waals surface area contributed by atoms with Gasteiger partial charge in [0.05, 0.1) is 0 Å². The topological polar surface area (TPSA) is 141 Å². The highest BCUT2D eigenvalue weighted by Gasteiger charge is 2.56. The zero-order chi connectivity index (χ0) is 26.3. The lowest BCUT2D eigenvalue weighted by atomic mass is 9.68. The zero-order valence-corrected chi connectivity index (χ0v) is 20.1. The molecule has 2 aliphatic heterocycles. The van der Waals surface area contributed by atoms with Gasteiger partial charge in [0.25, 0.3) is 0 Å². The van der Waals surface area contributed by atoms with Gasteiger partial charge in [0.2, 0.25) is 23.6 Å². The molecule has 2 aromatic heterocycles. The first-order chi connectivity index (χ1) is 17.1. The number of rotatable bonds is 5. The van der Waals surface area contributed by atoms with Crippen molar-refractivity contribution >= 4 is 35.7 Å². The van der Waals surface area contributed by atoms with Crippen LogP contribution in [0.15, 0.2) is 48.8 Å². The zero-order valence-electron chi connectivity index (χ0n) is 20.1. The molecule has 8 amide bonds. The number of aromatic nitrogens is 2. The standard InChI is InChI=1S/C24H24N6O6/c1-27-19(31)17(20(32)28(2)23(27)35)15(13-9-5-7-11-25-13)16(14-10-6-8-12-26-14)18-21(33)29(3)24(36)30(4)22(18)34/h5-12,15-18H,1-4H3. The summed E-state index contributed by atoms with van der Waals surface area (Å²) in [6.07, 6.45) is 2.92. The van der Waals surface area contributed by atoms with Crippen LogP contribution in [0.3, 0.4) is 0 Å². The molecular weight excluding hydrogens is 468 g/mol. The van der Waals surface area contributed by atoms with E-state index in [-0.39, 0.29) is 11.4 Å². The molecule has 186 valence electrons. The van der Waals surface area contributed by atoms with E-state index >= 15 is 0 Å². The Balaban J connectivity index is 1.99. The minimum Gasteiger partial charge on any atom is -0.273 e. The van der Waals surface area contributed by atoms with Crippen LogP contribution in [0.2, 0.25) is 0 Å². The summed E-state index contributed by atoms with van der Waals surface area (Å²) in [5, 5.41) is 0. The fraction of sp³-hybridized carbons (Fsp3) is 0.333. The van der Waals surface area contributed by atoms with Crippen molar-refractivity contribution < 1.29 is 28.8 Å². The van der Waals surface area contributed by atoms with Gasteiger partial charge >= 0.3 is 12.1 Å². The first-order valence-corrected chi connectivity index (χ1v) is 11.1. The van der Waals surface area contributed by atoms with Crippen molar-refractivity contribution in [2.24, 2.45) is 11.8 Å². The number of urea groups is 2. The molecule has 36 heavy (non-hydrogen) atoms. The number of amides is 8. The minimum atomic E-state index is -1.49. The maximum Gasteiger partial charge on any atom is 0.332 e. The van der Waals surface area contributed by atoms with Crippen molar-refractivity contribution in [3.05, 3.63) is 60.2 Å². The van der Waals surface area contributed by atoms with E-state index in [0.29, 0.717) is 0 Å². The Labute approximate surface area is 206 Å². The second-order valence-electron chi connectivity index (χ2n) is 8.67. The van der Waals surface area contributed by atoms with Crippen molar-refractivity contribution in [1.29, 1.82) is 0 Å². The molecule has 2 aromatic rings. The lowest BCUT2D eigenvalue weighted by Gasteiger charge is -2.42. The van der Waals surface area contributed by atoms with E-state index < -0.39 is 59.4 Å². The van der Waals surface area contributed by atoms with Gasteiger partial charge in [-0.15, -0.1) is 0 Å². The number of hydrogen-bond donors (Lipinski definition) is 0. The molecule has 4 rings (SSSR count). The third kappa shape index (κ3) is 3.80. The normalized spacial score (nSPS) is 19.9. The van der Waals surface area contributed by atoms with Gasteiger partial charge in [-0.05, 0) is 24.3 Å². The third-order valence-electron chi connectivity index (χ3n) is 6.70. The largest absolute Gasteiger partial charge is 0.332 e. The summed E-state index contributed by atoms with van der Waals surface area (Å²) in [6.45, 7) is 0. The van der Waals surface area contributed by atoms with Crippen LogP contribution in [0, 0.1) is 11.8 Å². The predicted octanol–water partition coefficient (Wildman–Crippen LogP) is 0.677. The number of pyridine rings is 2. The van der Waals surface area contributed by atoms with E-state index in [0.717, 1.165) is 19.6 Å². The lowest BCUT2D eigenvalue weighted by molar-refractivity contribution is -0.154. The molecule has 0 aliphatic carbocycles. The van der Waals surface area contributed by atoms with Crippen LogP contribution in [0.5, 0.6) is 0 Å². The second-order valence-corrected chi connectivity index (χ2v) is 8.67. The van der Waals surface area contributed by atoms with Crippen LogP contribution < -0.4 is 0 Å². The van der Waals surface area contributed by atoms with Gasteiger partial charge in [0, 0.05) is 63.8 Å². The molecule has 0 radical (unpaired) electrons. The van der Waals surface area contributed by atoms with Gasteiger partial charge in [-0.2, -0.15) is 0 Å². The molecule has 0 bridgehead atoms. The number of carbonyl (C=O) groups excluding carboxylic acids is 6. The number of carbonyl (C=O) groups is 6. The highest BCUT2D eigenvalue weighted by molar-refractivity contribution is 6.18. The van der Waals surface area contributed by atoms with E-state index in [1.54, 1.807) is 36.4 Å². The van der Waals surface area contributed by atoms with Crippen molar-refractivity contribution in [2.45, 2.75) is 11.8 Å². The summed E-state index contributed by atoms with van der Waals surface area (Å²) < 4.78 is 0. The van der Waals surface area contributed by atoms with Gasteiger partial charge in [0.15, 0.2) is 0 Å². The number of imide groups is 4. The van der Waals surface area contributed by atoms with Gasteiger partial charge in [-0.25, -0.2) is 9.59 Å². The number of nitrogens with zero attached hydrogens (tertiary/aromatic N) is 6. The Morgan fingerprint density at radius 2 is 0.861 bits per heavy atom. The fourth-order valence-corrected chi connectivity index (χ4v) is 4.76. The summed E-state index contributed by atoms with van der Waals surface area (Å²) in [7, 11) is 5.01. The average molecular weight is 492 g/mol. The molecule has 2 atom stereocenters. The molecule has 2 aliphatic rings. The van der Waals surface area contributed by atoms with Crippen molar-refractivity contribution in [1.82, 2.24) is 29.6 Å². The maximum atomic E-state index is 13.4. The Morgan fingerprint density at radius 1 is 0.556 bits per heavy atom. The maximum absolute atomic E-state index is 13.4. The molecule has 0 saturated carbocycles.